The number of nitrogens with zero attached hydrogens (tertiary/aromatic N) is 3. The van der Waals surface area contributed by atoms with E-state index in [1.54, 1.807) is 0 Å². The summed E-state index contributed by atoms with van der Waals surface area (Å²) in [5, 5.41) is 8.00. The van der Waals surface area contributed by atoms with Gasteiger partial charge in [-0.2, -0.15) is 5.10 Å². The molecule has 102 valence electrons. The van der Waals surface area contributed by atoms with Crippen LogP contribution in [0.2, 0.25) is 0 Å². The SMILES string of the molecule is CCNCc1c(C)nn(Cc2ncccc2C)c1C. The van der Waals surface area contributed by atoms with E-state index in [2.05, 4.69) is 53.8 Å². The monoisotopic (exact) mass is 258 g/mol. The summed E-state index contributed by atoms with van der Waals surface area (Å²) < 4.78 is 2.05. The Balaban J connectivity index is 2.24. The lowest BCUT2D eigenvalue weighted by Crippen LogP contribution is -2.13. The van der Waals surface area contributed by atoms with Gasteiger partial charge in [0.05, 0.1) is 17.9 Å². The number of pyridine rings is 1. The van der Waals surface area contributed by atoms with Crippen LogP contribution in [0.15, 0.2) is 18.3 Å². The molecule has 0 bridgehead atoms. The van der Waals surface area contributed by atoms with Gasteiger partial charge in [0.15, 0.2) is 0 Å². The second-order valence-electron chi connectivity index (χ2n) is 4.85. The summed E-state index contributed by atoms with van der Waals surface area (Å²) in [6.07, 6.45) is 1.84. The van der Waals surface area contributed by atoms with Crippen LogP contribution in [0.4, 0.5) is 0 Å². The summed E-state index contributed by atoms with van der Waals surface area (Å²) in [5.41, 5.74) is 5.93. The van der Waals surface area contributed by atoms with Gasteiger partial charge >= 0.3 is 0 Å². The van der Waals surface area contributed by atoms with Crippen molar-refractivity contribution in [2.75, 3.05) is 6.54 Å². The standard InChI is InChI=1S/C15H22N4/c1-5-16-9-14-12(3)18-19(13(14)4)10-15-11(2)7-6-8-17-15/h6-8,16H,5,9-10H2,1-4H3. The topological polar surface area (TPSA) is 42.7 Å². The van der Waals surface area contributed by atoms with Crippen LogP contribution in [0.5, 0.6) is 0 Å². The molecule has 1 N–H and O–H groups in total. The molecule has 0 aromatic carbocycles. The summed E-state index contributed by atoms with van der Waals surface area (Å²) in [4.78, 5) is 4.44. The van der Waals surface area contributed by atoms with Crippen molar-refractivity contribution >= 4 is 0 Å². The molecule has 0 saturated carbocycles. The Hall–Kier alpha value is -1.68. The maximum Gasteiger partial charge on any atom is 0.0837 e. The van der Waals surface area contributed by atoms with E-state index < -0.39 is 0 Å². The second kappa shape index (κ2) is 5.97. The third-order valence-electron chi connectivity index (χ3n) is 3.50. The van der Waals surface area contributed by atoms with Crippen molar-refractivity contribution in [1.82, 2.24) is 20.1 Å². The number of aromatic nitrogens is 3. The summed E-state index contributed by atoms with van der Waals surface area (Å²) in [6, 6.07) is 4.06. The zero-order valence-corrected chi connectivity index (χ0v) is 12.2. The van der Waals surface area contributed by atoms with Gasteiger partial charge < -0.3 is 5.32 Å². The van der Waals surface area contributed by atoms with Crippen LogP contribution in [0, 0.1) is 20.8 Å². The molecule has 0 atom stereocenters. The molecule has 0 unspecified atom stereocenters. The van der Waals surface area contributed by atoms with E-state index in [-0.39, 0.29) is 0 Å². The highest BCUT2D eigenvalue weighted by atomic mass is 15.3. The first-order valence-corrected chi connectivity index (χ1v) is 6.77. The highest BCUT2D eigenvalue weighted by molar-refractivity contribution is 5.26. The van der Waals surface area contributed by atoms with Crippen molar-refractivity contribution in [3.05, 3.63) is 46.5 Å². The van der Waals surface area contributed by atoms with Crippen LogP contribution in [0.25, 0.3) is 0 Å². The Morgan fingerprint density at radius 3 is 2.74 bits per heavy atom. The van der Waals surface area contributed by atoms with E-state index in [9.17, 15) is 0 Å². The zero-order chi connectivity index (χ0) is 13.8. The molecule has 4 nitrogen and oxygen atoms in total. The molecule has 0 saturated heterocycles. The average Bonchev–Trinajstić information content (AvgIpc) is 2.65. The molecule has 0 amide bonds. The number of nitrogens with one attached hydrogen (secondary N) is 1. The minimum atomic E-state index is 0.742. The molecule has 4 heteroatoms. The van der Waals surface area contributed by atoms with Crippen LogP contribution < -0.4 is 5.32 Å². The molecule has 0 fully saturated rings. The molecule has 0 aliphatic rings. The smallest absolute Gasteiger partial charge is 0.0837 e. The molecule has 2 heterocycles. The molecular formula is C15H22N4. The fourth-order valence-corrected chi connectivity index (χ4v) is 2.22. The molecule has 2 aromatic rings. The maximum atomic E-state index is 4.64. The highest BCUT2D eigenvalue weighted by Gasteiger charge is 2.12. The number of aryl methyl sites for hydroxylation is 2. The van der Waals surface area contributed by atoms with Gasteiger partial charge in [0, 0.05) is 24.0 Å². The fourth-order valence-electron chi connectivity index (χ4n) is 2.22. The Labute approximate surface area is 114 Å². The summed E-state index contributed by atoms with van der Waals surface area (Å²) in [7, 11) is 0. The van der Waals surface area contributed by atoms with Crippen molar-refractivity contribution in [3.8, 4) is 0 Å². The van der Waals surface area contributed by atoms with Gasteiger partial charge in [-0.1, -0.05) is 13.0 Å². The number of rotatable bonds is 5. The molecule has 2 rings (SSSR count). The van der Waals surface area contributed by atoms with Crippen LogP contribution in [-0.4, -0.2) is 21.3 Å². The van der Waals surface area contributed by atoms with E-state index in [4.69, 9.17) is 0 Å². The van der Waals surface area contributed by atoms with Gasteiger partial charge in [0.2, 0.25) is 0 Å². The lowest BCUT2D eigenvalue weighted by atomic mass is 10.2. The lowest BCUT2D eigenvalue weighted by Gasteiger charge is -2.07. The highest BCUT2D eigenvalue weighted by Crippen LogP contribution is 2.15. The van der Waals surface area contributed by atoms with Gasteiger partial charge in [0.1, 0.15) is 0 Å². The molecule has 0 radical (unpaired) electrons. The summed E-state index contributed by atoms with van der Waals surface area (Å²) in [6.45, 7) is 11.0. The number of hydrogen-bond acceptors (Lipinski definition) is 3. The predicted molar refractivity (Wildman–Crippen MR) is 77.2 cm³/mol. The third-order valence-corrected chi connectivity index (χ3v) is 3.50. The lowest BCUT2D eigenvalue weighted by molar-refractivity contribution is 0.641. The maximum absolute atomic E-state index is 4.64. The van der Waals surface area contributed by atoms with Crippen LogP contribution in [-0.2, 0) is 13.1 Å². The van der Waals surface area contributed by atoms with E-state index >= 15 is 0 Å². The Morgan fingerprint density at radius 1 is 1.26 bits per heavy atom. The van der Waals surface area contributed by atoms with Crippen LogP contribution >= 0.6 is 0 Å². The first kappa shape index (κ1) is 13.7. The van der Waals surface area contributed by atoms with E-state index in [0.717, 1.165) is 31.0 Å². The fraction of sp³-hybridized carbons (Fsp3) is 0.467. The molecule has 0 aliphatic heterocycles. The van der Waals surface area contributed by atoms with Gasteiger partial charge in [-0.15, -0.1) is 0 Å². The summed E-state index contributed by atoms with van der Waals surface area (Å²) in [5.74, 6) is 0. The van der Waals surface area contributed by atoms with Crippen molar-refractivity contribution in [1.29, 1.82) is 0 Å². The quantitative estimate of drug-likeness (QED) is 0.895. The van der Waals surface area contributed by atoms with Gasteiger partial charge in [0.25, 0.3) is 0 Å². The summed E-state index contributed by atoms with van der Waals surface area (Å²) >= 11 is 0. The van der Waals surface area contributed by atoms with Crippen LogP contribution in [0.3, 0.4) is 0 Å². The Morgan fingerprint density at radius 2 is 2.05 bits per heavy atom. The Kier molecular flexibility index (Phi) is 4.32. The predicted octanol–water partition coefficient (Wildman–Crippen LogP) is 2.36. The molecule has 19 heavy (non-hydrogen) atoms. The first-order valence-electron chi connectivity index (χ1n) is 6.77. The van der Waals surface area contributed by atoms with Crippen molar-refractivity contribution in [2.24, 2.45) is 0 Å². The third kappa shape index (κ3) is 3.01. The normalized spacial score (nSPS) is 10.9. The molecular weight excluding hydrogens is 236 g/mol. The largest absolute Gasteiger partial charge is 0.313 e. The first-order chi connectivity index (χ1) is 9.13. The molecule has 0 spiro atoms. The van der Waals surface area contributed by atoms with Crippen molar-refractivity contribution in [2.45, 2.75) is 40.8 Å². The van der Waals surface area contributed by atoms with Crippen LogP contribution in [0.1, 0.15) is 35.1 Å². The van der Waals surface area contributed by atoms with Gasteiger partial charge in [-0.05, 0) is 38.9 Å². The molecule has 0 aliphatic carbocycles. The van der Waals surface area contributed by atoms with E-state index in [1.165, 1.54) is 16.8 Å². The molecule has 2 aromatic heterocycles. The van der Waals surface area contributed by atoms with Gasteiger partial charge in [-0.25, -0.2) is 0 Å². The van der Waals surface area contributed by atoms with E-state index in [0.29, 0.717) is 0 Å². The number of hydrogen-bond donors (Lipinski definition) is 1. The van der Waals surface area contributed by atoms with Crippen molar-refractivity contribution in [3.63, 3.8) is 0 Å². The van der Waals surface area contributed by atoms with Crippen molar-refractivity contribution < 1.29 is 0 Å². The zero-order valence-electron chi connectivity index (χ0n) is 12.2. The minimum absolute atomic E-state index is 0.742. The average molecular weight is 258 g/mol. The second-order valence-corrected chi connectivity index (χ2v) is 4.85. The van der Waals surface area contributed by atoms with E-state index in [1.807, 2.05) is 12.3 Å². The minimum Gasteiger partial charge on any atom is -0.313 e. The Bertz CT molecular complexity index is 557. The van der Waals surface area contributed by atoms with Gasteiger partial charge in [-0.3, -0.25) is 9.67 Å².